The maximum absolute atomic E-state index is 13.6. The summed E-state index contributed by atoms with van der Waals surface area (Å²) in [5.74, 6) is -3.90. The van der Waals surface area contributed by atoms with E-state index in [4.69, 9.17) is 11.6 Å². The third kappa shape index (κ3) is 3.24. The highest BCUT2D eigenvalue weighted by Crippen LogP contribution is 2.27. The van der Waals surface area contributed by atoms with Crippen LogP contribution in [0, 0.1) is 5.82 Å². The van der Waals surface area contributed by atoms with E-state index < -0.39 is 36.7 Å². The molecule has 1 aromatic rings. The minimum absolute atomic E-state index is 0.0614. The fourth-order valence-corrected chi connectivity index (χ4v) is 2.38. The molecular formula is C13H14ClF3N2O. The average molecular weight is 307 g/mol. The molecule has 0 bridgehead atoms. The highest BCUT2D eigenvalue weighted by atomic mass is 35.5. The van der Waals surface area contributed by atoms with Crippen LogP contribution < -0.4 is 5.32 Å². The van der Waals surface area contributed by atoms with Crippen LogP contribution in [0.4, 0.5) is 13.2 Å². The van der Waals surface area contributed by atoms with Crippen molar-refractivity contribution in [1.82, 2.24) is 10.2 Å². The molecule has 0 aromatic heterocycles. The van der Waals surface area contributed by atoms with Crippen LogP contribution in [0.2, 0.25) is 5.02 Å². The molecule has 1 N–H and O–H groups in total. The fraction of sp³-hybridized carbons (Fsp3) is 0.462. The van der Waals surface area contributed by atoms with Gasteiger partial charge in [-0.05, 0) is 12.1 Å². The van der Waals surface area contributed by atoms with Gasteiger partial charge in [-0.25, -0.2) is 13.2 Å². The van der Waals surface area contributed by atoms with Gasteiger partial charge >= 0.3 is 0 Å². The fourth-order valence-electron chi connectivity index (χ4n) is 2.15. The Balaban J connectivity index is 2.05. The molecule has 1 aliphatic rings. The van der Waals surface area contributed by atoms with Crippen molar-refractivity contribution < 1.29 is 18.0 Å². The van der Waals surface area contributed by atoms with Gasteiger partial charge in [0, 0.05) is 30.6 Å². The first-order valence-corrected chi connectivity index (χ1v) is 6.47. The van der Waals surface area contributed by atoms with Crippen LogP contribution in [0.25, 0.3) is 0 Å². The molecule has 0 aliphatic carbocycles. The van der Waals surface area contributed by atoms with E-state index >= 15 is 0 Å². The normalized spacial score (nSPS) is 20.9. The van der Waals surface area contributed by atoms with Gasteiger partial charge in [0.15, 0.2) is 0 Å². The molecule has 0 radical (unpaired) electrons. The number of hydrogen-bond acceptors (Lipinski definition) is 2. The van der Waals surface area contributed by atoms with Gasteiger partial charge in [0.2, 0.25) is 5.91 Å². The van der Waals surface area contributed by atoms with Crippen molar-refractivity contribution in [3.05, 3.63) is 34.6 Å². The highest BCUT2D eigenvalue weighted by molar-refractivity contribution is 6.31. The second kappa shape index (κ2) is 5.61. The number of carbonyl (C=O) groups is 1. The molecular weight excluding hydrogens is 293 g/mol. The summed E-state index contributed by atoms with van der Waals surface area (Å²) in [4.78, 5) is 13.2. The molecule has 0 spiro atoms. The molecule has 1 unspecified atom stereocenters. The third-order valence-electron chi connectivity index (χ3n) is 3.24. The number of hydrogen-bond donors (Lipinski definition) is 1. The Morgan fingerprint density at radius 3 is 2.80 bits per heavy atom. The van der Waals surface area contributed by atoms with Gasteiger partial charge in [0.25, 0.3) is 5.92 Å². The van der Waals surface area contributed by atoms with Crippen LogP contribution in [0.3, 0.4) is 0 Å². The van der Waals surface area contributed by atoms with Crippen molar-refractivity contribution in [1.29, 1.82) is 0 Å². The summed E-state index contributed by atoms with van der Waals surface area (Å²) in [5.41, 5.74) is 0.176. The van der Waals surface area contributed by atoms with E-state index in [1.54, 1.807) is 0 Å². The van der Waals surface area contributed by atoms with Crippen LogP contribution in [0.1, 0.15) is 12.0 Å². The molecule has 1 atom stereocenters. The lowest BCUT2D eigenvalue weighted by molar-refractivity contribution is -0.132. The van der Waals surface area contributed by atoms with Crippen LogP contribution in [0.5, 0.6) is 0 Å². The third-order valence-corrected chi connectivity index (χ3v) is 3.60. The van der Waals surface area contributed by atoms with Crippen molar-refractivity contribution in [2.45, 2.75) is 24.9 Å². The number of amides is 1. The molecule has 1 aliphatic heterocycles. The zero-order valence-corrected chi connectivity index (χ0v) is 11.6. The molecule has 1 fully saturated rings. The number of benzene rings is 1. The van der Waals surface area contributed by atoms with Crippen molar-refractivity contribution in [3.63, 3.8) is 0 Å². The Morgan fingerprint density at radius 2 is 2.25 bits per heavy atom. The summed E-state index contributed by atoms with van der Waals surface area (Å²) in [6.45, 7) is -0.578. The summed E-state index contributed by atoms with van der Waals surface area (Å²) in [6.07, 6.45) is -0.540. The van der Waals surface area contributed by atoms with E-state index in [9.17, 15) is 18.0 Å². The Kier molecular flexibility index (Phi) is 4.25. The van der Waals surface area contributed by atoms with Crippen LogP contribution >= 0.6 is 11.6 Å². The van der Waals surface area contributed by atoms with E-state index in [1.165, 1.54) is 30.1 Å². The van der Waals surface area contributed by atoms with Crippen molar-refractivity contribution in [2.24, 2.45) is 0 Å². The van der Waals surface area contributed by atoms with Gasteiger partial charge in [0.05, 0.1) is 12.6 Å². The van der Waals surface area contributed by atoms with Gasteiger partial charge in [-0.1, -0.05) is 17.7 Å². The molecule has 2 rings (SSSR count). The van der Waals surface area contributed by atoms with Gasteiger partial charge in [0.1, 0.15) is 5.82 Å². The zero-order chi connectivity index (χ0) is 14.9. The number of alkyl halides is 2. The average Bonchev–Trinajstić information content (AvgIpc) is 2.73. The second-order valence-electron chi connectivity index (χ2n) is 4.89. The molecule has 1 amide bonds. The molecule has 1 aromatic carbocycles. The van der Waals surface area contributed by atoms with Gasteiger partial charge in [-0.3, -0.25) is 10.1 Å². The quantitative estimate of drug-likeness (QED) is 0.930. The minimum Gasteiger partial charge on any atom is -0.340 e. The topological polar surface area (TPSA) is 32.3 Å². The number of nitrogens with one attached hydrogen (secondary N) is 1. The Bertz CT molecular complexity index is 504. The predicted octanol–water partition coefficient (Wildman–Crippen LogP) is 2.43. The first-order valence-electron chi connectivity index (χ1n) is 6.09. The first-order chi connectivity index (χ1) is 9.30. The van der Waals surface area contributed by atoms with E-state index in [0.717, 1.165) is 0 Å². The maximum atomic E-state index is 13.6. The number of nitrogens with zero attached hydrogens (tertiary/aromatic N) is 1. The second-order valence-corrected chi connectivity index (χ2v) is 5.30. The van der Waals surface area contributed by atoms with Crippen LogP contribution in [-0.2, 0) is 11.3 Å². The summed E-state index contributed by atoms with van der Waals surface area (Å²) in [5, 5.41) is 2.68. The van der Waals surface area contributed by atoms with Crippen molar-refractivity contribution >= 4 is 17.5 Å². The van der Waals surface area contributed by atoms with E-state index in [1.807, 2.05) is 0 Å². The molecule has 1 saturated heterocycles. The summed E-state index contributed by atoms with van der Waals surface area (Å²) in [6, 6.07) is 3.27. The van der Waals surface area contributed by atoms with Crippen LogP contribution in [0.15, 0.2) is 18.2 Å². The molecule has 1 heterocycles. The molecule has 3 nitrogen and oxygen atoms in total. The smallest absolute Gasteiger partial charge is 0.262 e. The Labute approximate surface area is 119 Å². The molecule has 0 saturated carbocycles. The lowest BCUT2D eigenvalue weighted by atomic mass is 10.1. The highest BCUT2D eigenvalue weighted by Gasteiger charge is 2.43. The number of rotatable bonds is 3. The summed E-state index contributed by atoms with van der Waals surface area (Å²) < 4.78 is 39.7. The first kappa shape index (κ1) is 15.1. The summed E-state index contributed by atoms with van der Waals surface area (Å²) in [7, 11) is 1.43. The standard InChI is InChI=1S/C13H14ClF3N2O/c1-19(6-8-9(14)3-2-4-10(8)15)12(20)11-5-13(16,17)7-18-11/h2-4,11,18H,5-7H2,1H3. The van der Waals surface area contributed by atoms with E-state index in [-0.39, 0.29) is 17.1 Å². The van der Waals surface area contributed by atoms with Crippen LogP contribution in [-0.4, -0.2) is 36.4 Å². The van der Waals surface area contributed by atoms with Crippen molar-refractivity contribution in [3.8, 4) is 0 Å². The lowest BCUT2D eigenvalue weighted by Gasteiger charge is -2.22. The molecule has 7 heteroatoms. The van der Waals surface area contributed by atoms with Gasteiger partial charge < -0.3 is 4.90 Å². The lowest BCUT2D eigenvalue weighted by Crippen LogP contribution is -2.41. The maximum Gasteiger partial charge on any atom is 0.262 e. The number of halogens is 4. The number of carbonyl (C=O) groups excluding carboxylic acids is 1. The molecule has 20 heavy (non-hydrogen) atoms. The Morgan fingerprint density at radius 1 is 1.55 bits per heavy atom. The van der Waals surface area contributed by atoms with Gasteiger partial charge in [-0.15, -0.1) is 0 Å². The minimum atomic E-state index is -2.88. The molecule has 110 valence electrons. The van der Waals surface area contributed by atoms with E-state index in [2.05, 4.69) is 5.32 Å². The van der Waals surface area contributed by atoms with Crippen molar-refractivity contribution in [2.75, 3.05) is 13.6 Å². The largest absolute Gasteiger partial charge is 0.340 e. The zero-order valence-electron chi connectivity index (χ0n) is 10.8. The number of likely N-dealkylation sites (N-methyl/N-ethyl adjacent to an activating group) is 1. The van der Waals surface area contributed by atoms with Gasteiger partial charge in [-0.2, -0.15) is 0 Å². The SMILES string of the molecule is CN(Cc1c(F)cccc1Cl)C(=O)C1CC(F)(F)CN1. The summed E-state index contributed by atoms with van der Waals surface area (Å²) >= 11 is 5.87. The van der Waals surface area contributed by atoms with E-state index in [0.29, 0.717) is 0 Å². The predicted molar refractivity (Wildman–Crippen MR) is 69.2 cm³/mol. The Hall–Kier alpha value is -1.27. The monoisotopic (exact) mass is 306 g/mol.